The first-order valence-corrected chi connectivity index (χ1v) is 9.57. The molecule has 112 valence electrons. The summed E-state index contributed by atoms with van der Waals surface area (Å²) < 4.78 is 0. The van der Waals surface area contributed by atoms with E-state index in [0.29, 0.717) is 0 Å². The van der Waals surface area contributed by atoms with Crippen LogP contribution in [-0.4, -0.2) is 16.2 Å². The van der Waals surface area contributed by atoms with E-state index in [9.17, 15) is 0 Å². The zero-order valence-electron chi connectivity index (χ0n) is 12.4. The van der Waals surface area contributed by atoms with Gasteiger partial charge in [0.25, 0.3) is 0 Å². The van der Waals surface area contributed by atoms with Gasteiger partial charge in [-0.05, 0) is 49.6 Å². The molecule has 2 heterocycles. The number of thioether (sulfide) groups is 1. The largest absolute Gasteiger partial charge is 0.340 e. The van der Waals surface area contributed by atoms with Gasteiger partial charge in [0.15, 0.2) is 5.16 Å². The van der Waals surface area contributed by atoms with Gasteiger partial charge in [0.05, 0.1) is 5.39 Å². The molecule has 0 radical (unpaired) electrons. The SMILES string of the molecule is CSc1nc(Nc2ccccc2)c2c3c(sc2n1)CCCC3. The molecule has 0 unspecified atom stereocenters. The zero-order chi connectivity index (χ0) is 14.9. The monoisotopic (exact) mass is 327 g/mol. The van der Waals surface area contributed by atoms with Crippen LogP contribution in [0.25, 0.3) is 10.2 Å². The van der Waals surface area contributed by atoms with Crippen LogP contribution in [0.1, 0.15) is 23.3 Å². The van der Waals surface area contributed by atoms with E-state index < -0.39 is 0 Å². The lowest BCUT2D eigenvalue weighted by Crippen LogP contribution is -2.01. The number of para-hydroxylation sites is 1. The molecular formula is C17H17N3S2. The minimum Gasteiger partial charge on any atom is -0.340 e. The van der Waals surface area contributed by atoms with Crippen LogP contribution in [0.2, 0.25) is 0 Å². The van der Waals surface area contributed by atoms with Crippen molar-refractivity contribution in [2.45, 2.75) is 30.8 Å². The molecule has 1 aromatic carbocycles. The van der Waals surface area contributed by atoms with Gasteiger partial charge in [0.1, 0.15) is 10.6 Å². The Hall–Kier alpha value is -1.59. The second kappa shape index (κ2) is 5.89. The van der Waals surface area contributed by atoms with E-state index in [-0.39, 0.29) is 0 Å². The molecule has 22 heavy (non-hydrogen) atoms. The van der Waals surface area contributed by atoms with Crippen molar-refractivity contribution in [2.75, 3.05) is 11.6 Å². The van der Waals surface area contributed by atoms with Crippen LogP contribution in [0.15, 0.2) is 35.5 Å². The molecule has 1 N–H and O–H groups in total. The summed E-state index contributed by atoms with van der Waals surface area (Å²) in [7, 11) is 0. The molecule has 1 aliphatic carbocycles. The number of hydrogen-bond acceptors (Lipinski definition) is 5. The third-order valence-corrected chi connectivity index (χ3v) is 5.75. The number of rotatable bonds is 3. The van der Waals surface area contributed by atoms with Crippen LogP contribution in [0.5, 0.6) is 0 Å². The predicted octanol–water partition coefficient (Wildman–Crippen LogP) is 5.04. The van der Waals surface area contributed by atoms with Gasteiger partial charge in [-0.15, -0.1) is 11.3 Å². The van der Waals surface area contributed by atoms with Gasteiger partial charge in [0, 0.05) is 10.6 Å². The molecule has 0 spiro atoms. The molecule has 0 saturated heterocycles. The second-order valence-electron chi connectivity index (χ2n) is 5.44. The molecule has 0 amide bonds. The van der Waals surface area contributed by atoms with Crippen LogP contribution in [-0.2, 0) is 12.8 Å². The van der Waals surface area contributed by atoms with Crippen molar-refractivity contribution in [1.82, 2.24) is 9.97 Å². The van der Waals surface area contributed by atoms with Crippen LogP contribution in [0.4, 0.5) is 11.5 Å². The lowest BCUT2D eigenvalue weighted by molar-refractivity contribution is 0.700. The van der Waals surface area contributed by atoms with Crippen molar-refractivity contribution in [3.8, 4) is 0 Å². The normalized spacial score (nSPS) is 14.0. The Morgan fingerprint density at radius 1 is 1.09 bits per heavy atom. The van der Waals surface area contributed by atoms with Crippen molar-refractivity contribution in [1.29, 1.82) is 0 Å². The molecule has 3 nitrogen and oxygen atoms in total. The van der Waals surface area contributed by atoms with Crippen molar-refractivity contribution >= 4 is 44.8 Å². The Kier molecular flexibility index (Phi) is 3.76. The molecule has 0 atom stereocenters. The lowest BCUT2D eigenvalue weighted by Gasteiger charge is -2.13. The van der Waals surface area contributed by atoms with Crippen LogP contribution < -0.4 is 5.32 Å². The molecule has 4 rings (SSSR count). The first-order chi connectivity index (χ1) is 10.8. The highest BCUT2D eigenvalue weighted by Crippen LogP contribution is 2.40. The van der Waals surface area contributed by atoms with E-state index in [2.05, 4.69) is 17.4 Å². The number of thiophene rings is 1. The van der Waals surface area contributed by atoms with Crippen molar-refractivity contribution < 1.29 is 0 Å². The van der Waals surface area contributed by atoms with Crippen LogP contribution in [0, 0.1) is 0 Å². The summed E-state index contributed by atoms with van der Waals surface area (Å²) in [5.74, 6) is 0.958. The number of hydrogen-bond donors (Lipinski definition) is 1. The molecule has 5 heteroatoms. The predicted molar refractivity (Wildman–Crippen MR) is 95.6 cm³/mol. The Bertz CT molecular complexity index is 812. The summed E-state index contributed by atoms with van der Waals surface area (Å²) in [5.41, 5.74) is 2.54. The highest BCUT2D eigenvalue weighted by Gasteiger charge is 2.21. The number of aromatic nitrogens is 2. The van der Waals surface area contributed by atoms with Crippen LogP contribution >= 0.6 is 23.1 Å². The van der Waals surface area contributed by atoms with E-state index in [1.54, 1.807) is 11.8 Å². The number of aryl methyl sites for hydroxylation is 2. The standard InChI is InChI=1S/C17H17N3S2/c1-21-17-19-15(18-11-7-3-2-4-8-11)14-12-9-5-6-10-13(12)22-16(14)20-17/h2-4,7-8H,5-6,9-10H2,1H3,(H,18,19,20). The van der Waals surface area contributed by atoms with Gasteiger partial charge in [-0.2, -0.15) is 0 Å². The molecule has 2 aromatic heterocycles. The molecule has 0 fully saturated rings. The van der Waals surface area contributed by atoms with E-state index in [1.165, 1.54) is 35.1 Å². The summed E-state index contributed by atoms with van der Waals surface area (Å²) >= 11 is 3.45. The quantitative estimate of drug-likeness (QED) is 0.540. The van der Waals surface area contributed by atoms with Crippen LogP contribution in [0.3, 0.4) is 0 Å². The zero-order valence-corrected chi connectivity index (χ0v) is 14.1. The number of nitrogens with one attached hydrogen (secondary N) is 1. The summed E-state index contributed by atoms with van der Waals surface area (Å²) in [6, 6.07) is 10.3. The lowest BCUT2D eigenvalue weighted by atomic mass is 9.97. The molecular weight excluding hydrogens is 310 g/mol. The maximum Gasteiger partial charge on any atom is 0.190 e. The molecule has 1 aliphatic rings. The van der Waals surface area contributed by atoms with E-state index in [0.717, 1.165) is 27.9 Å². The Labute approximate surface area is 138 Å². The smallest absolute Gasteiger partial charge is 0.190 e. The van der Waals surface area contributed by atoms with Gasteiger partial charge < -0.3 is 5.32 Å². The fraction of sp³-hybridized carbons (Fsp3) is 0.294. The first-order valence-electron chi connectivity index (χ1n) is 7.53. The minimum atomic E-state index is 0.838. The minimum absolute atomic E-state index is 0.838. The topological polar surface area (TPSA) is 37.8 Å². The van der Waals surface area contributed by atoms with Crippen molar-refractivity contribution in [2.24, 2.45) is 0 Å². The fourth-order valence-electron chi connectivity index (χ4n) is 2.98. The summed E-state index contributed by atoms with van der Waals surface area (Å²) in [5, 5.41) is 5.57. The van der Waals surface area contributed by atoms with E-state index in [4.69, 9.17) is 9.97 Å². The molecule has 3 aromatic rings. The van der Waals surface area contributed by atoms with Gasteiger partial charge >= 0.3 is 0 Å². The van der Waals surface area contributed by atoms with Gasteiger partial charge in [-0.25, -0.2) is 9.97 Å². The Morgan fingerprint density at radius 3 is 2.73 bits per heavy atom. The fourth-order valence-corrected chi connectivity index (χ4v) is 4.66. The summed E-state index contributed by atoms with van der Waals surface area (Å²) in [6.07, 6.45) is 6.94. The Morgan fingerprint density at radius 2 is 1.91 bits per heavy atom. The second-order valence-corrected chi connectivity index (χ2v) is 7.30. The van der Waals surface area contributed by atoms with E-state index in [1.807, 2.05) is 35.8 Å². The summed E-state index contributed by atoms with van der Waals surface area (Å²) in [4.78, 5) is 12.1. The molecule has 0 bridgehead atoms. The van der Waals surface area contributed by atoms with Gasteiger partial charge in [-0.1, -0.05) is 30.0 Å². The number of benzene rings is 1. The third kappa shape index (κ3) is 2.48. The highest BCUT2D eigenvalue weighted by molar-refractivity contribution is 7.98. The number of anilines is 2. The van der Waals surface area contributed by atoms with Crippen molar-refractivity contribution in [3.63, 3.8) is 0 Å². The van der Waals surface area contributed by atoms with E-state index >= 15 is 0 Å². The maximum absolute atomic E-state index is 4.74. The molecule has 0 aliphatic heterocycles. The van der Waals surface area contributed by atoms with Gasteiger partial charge in [-0.3, -0.25) is 0 Å². The van der Waals surface area contributed by atoms with Crippen molar-refractivity contribution in [3.05, 3.63) is 40.8 Å². The average molecular weight is 327 g/mol. The third-order valence-electron chi connectivity index (χ3n) is 4.01. The van der Waals surface area contributed by atoms with Gasteiger partial charge in [0.2, 0.25) is 0 Å². The first kappa shape index (κ1) is 14.0. The average Bonchev–Trinajstić information content (AvgIpc) is 2.94. The highest BCUT2D eigenvalue weighted by atomic mass is 32.2. The number of nitrogens with zero attached hydrogens (tertiary/aromatic N) is 2. The maximum atomic E-state index is 4.74. The summed E-state index contributed by atoms with van der Waals surface area (Å²) in [6.45, 7) is 0. The molecule has 0 saturated carbocycles. The Balaban J connectivity index is 1.89. The number of fused-ring (bicyclic) bond motifs is 3.